The number of hydrogen-bond acceptors (Lipinski definition) is 8. The van der Waals surface area contributed by atoms with Gasteiger partial charge in [0.1, 0.15) is 12.3 Å². The van der Waals surface area contributed by atoms with E-state index in [9.17, 15) is 14.4 Å². The lowest BCUT2D eigenvalue weighted by Gasteiger charge is -2.09. The van der Waals surface area contributed by atoms with E-state index in [1.54, 1.807) is 12.1 Å². The van der Waals surface area contributed by atoms with Crippen molar-refractivity contribution in [2.24, 2.45) is 0 Å². The normalized spacial score (nSPS) is 11.0. The maximum Gasteiger partial charge on any atom is 0.341 e. The van der Waals surface area contributed by atoms with E-state index in [0.717, 1.165) is 16.9 Å². The van der Waals surface area contributed by atoms with Crippen molar-refractivity contribution >= 4 is 51.9 Å². The molecular weight excluding hydrogens is 490 g/mol. The predicted molar refractivity (Wildman–Crippen MR) is 133 cm³/mol. The van der Waals surface area contributed by atoms with E-state index in [0.29, 0.717) is 31.5 Å². The lowest BCUT2D eigenvalue weighted by atomic mass is 10.0. The fraction of sp³-hybridized carbons (Fsp3) is 0.391. The van der Waals surface area contributed by atoms with Crippen LogP contribution in [0.1, 0.15) is 60.3 Å². The number of nitrogen functional groups attached to an aromatic ring is 2. The number of Topliss-reactive ketones (excluding diaryl/α,β-unsaturated/α-hetero) is 1. The first-order valence-electron chi connectivity index (χ1n) is 11.5. The zero-order valence-electron chi connectivity index (χ0n) is 20.3. The predicted octanol–water partition coefficient (Wildman–Crippen LogP) is 1.95. The number of amides is 1. The Morgan fingerprint density at radius 2 is 1.89 bits per heavy atom. The minimum absolute atomic E-state index is 0.0741. The molecule has 0 atom stereocenters. The van der Waals surface area contributed by atoms with Gasteiger partial charge in [0.25, 0.3) is 11.7 Å². The molecule has 3 rings (SSSR count). The van der Waals surface area contributed by atoms with E-state index >= 15 is 0 Å². The molecule has 0 fully saturated rings. The number of fused-ring (bicyclic) bond motifs is 1. The van der Waals surface area contributed by atoms with Gasteiger partial charge in [0.15, 0.2) is 45.9 Å². The molecule has 12 nitrogen and oxygen atoms in total. The summed E-state index contributed by atoms with van der Waals surface area (Å²) in [6.45, 7) is 6.36. The van der Waals surface area contributed by atoms with E-state index in [1.807, 2.05) is 29.9 Å². The maximum absolute atomic E-state index is 12.8. The van der Waals surface area contributed by atoms with Crippen molar-refractivity contribution in [3.63, 3.8) is 0 Å². The molecular formula is C23H29ClN7O5+. The Morgan fingerprint density at radius 1 is 1.17 bits per heavy atom. The minimum atomic E-state index is -1.15. The Labute approximate surface area is 212 Å². The van der Waals surface area contributed by atoms with Crippen LogP contribution < -0.4 is 26.1 Å². The number of hydrogen-bond donors (Lipinski definition) is 4. The van der Waals surface area contributed by atoms with E-state index in [4.69, 9.17) is 32.9 Å². The van der Waals surface area contributed by atoms with Crippen LogP contribution in [0.3, 0.4) is 0 Å². The smallest absolute Gasteiger partial charge is 0.341 e. The van der Waals surface area contributed by atoms with Crippen molar-refractivity contribution in [2.75, 3.05) is 18.1 Å². The SMILES string of the molecule is CCCC(=O)c1cc2c(cc1OCC(=O)O)[n+](CC)c(CNC(=O)c1nc(Cl)c(N)nc1N)n2CC. The Hall–Kier alpha value is -3.93. The average Bonchev–Trinajstić information content (AvgIpc) is 3.14. The number of ketones is 1. The van der Waals surface area contributed by atoms with Gasteiger partial charge < -0.3 is 26.6 Å². The number of nitrogens with two attached hydrogens (primary N) is 2. The lowest BCUT2D eigenvalue weighted by Crippen LogP contribution is -2.40. The topological polar surface area (TPSA) is 179 Å². The number of carbonyl (C=O) groups is 3. The van der Waals surface area contributed by atoms with Gasteiger partial charge in [-0.3, -0.25) is 9.59 Å². The molecule has 3 aromatic rings. The molecule has 0 saturated heterocycles. The first-order valence-corrected chi connectivity index (χ1v) is 11.8. The fourth-order valence-corrected chi connectivity index (χ4v) is 4.13. The molecule has 192 valence electrons. The highest BCUT2D eigenvalue weighted by atomic mass is 35.5. The van der Waals surface area contributed by atoms with Crippen molar-refractivity contribution in [3.8, 4) is 5.75 Å². The summed E-state index contributed by atoms with van der Waals surface area (Å²) in [5.41, 5.74) is 13.0. The van der Waals surface area contributed by atoms with Crippen LogP contribution in [0.25, 0.3) is 11.0 Å². The number of benzene rings is 1. The van der Waals surface area contributed by atoms with Gasteiger partial charge in [-0.15, -0.1) is 0 Å². The van der Waals surface area contributed by atoms with Gasteiger partial charge in [0, 0.05) is 18.6 Å². The monoisotopic (exact) mass is 518 g/mol. The van der Waals surface area contributed by atoms with E-state index in [2.05, 4.69) is 15.3 Å². The van der Waals surface area contributed by atoms with Crippen molar-refractivity contribution in [3.05, 3.63) is 34.4 Å². The molecule has 0 saturated carbocycles. The van der Waals surface area contributed by atoms with Gasteiger partial charge in [0.05, 0.1) is 18.7 Å². The summed E-state index contributed by atoms with van der Waals surface area (Å²) < 4.78 is 9.40. The number of nitrogens with zero attached hydrogens (tertiary/aromatic N) is 4. The quantitative estimate of drug-likeness (QED) is 0.218. The zero-order chi connectivity index (χ0) is 26.6. The van der Waals surface area contributed by atoms with Gasteiger partial charge in [-0.2, -0.15) is 0 Å². The molecule has 0 bridgehead atoms. The molecule has 0 aliphatic heterocycles. The van der Waals surface area contributed by atoms with Crippen molar-refractivity contribution in [1.82, 2.24) is 19.9 Å². The first-order chi connectivity index (χ1) is 17.1. The number of rotatable bonds is 11. The molecule has 1 aromatic carbocycles. The van der Waals surface area contributed by atoms with Gasteiger partial charge in [-0.1, -0.05) is 18.5 Å². The molecule has 0 aliphatic rings. The van der Waals surface area contributed by atoms with Crippen LogP contribution in [0.4, 0.5) is 11.6 Å². The van der Waals surface area contributed by atoms with Gasteiger partial charge >= 0.3 is 5.97 Å². The van der Waals surface area contributed by atoms with Gasteiger partial charge in [0.2, 0.25) is 0 Å². The summed E-state index contributed by atoms with van der Waals surface area (Å²) in [6, 6.07) is 3.39. The number of aromatic nitrogens is 4. The van der Waals surface area contributed by atoms with Crippen LogP contribution in [0.15, 0.2) is 12.1 Å². The number of nitrogens with one attached hydrogen (secondary N) is 1. The van der Waals surface area contributed by atoms with Crippen LogP contribution in [0.5, 0.6) is 5.75 Å². The number of carboxylic acids is 1. The highest BCUT2D eigenvalue weighted by molar-refractivity contribution is 6.31. The summed E-state index contributed by atoms with van der Waals surface area (Å²) >= 11 is 5.90. The highest BCUT2D eigenvalue weighted by Gasteiger charge is 2.28. The van der Waals surface area contributed by atoms with Gasteiger partial charge in [-0.05, 0) is 20.3 Å². The summed E-state index contributed by atoms with van der Waals surface area (Å²) in [7, 11) is 0. The number of ether oxygens (including phenoxy) is 1. The molecule has 0 unspecified atom stereocenters. The number of halogens is 1. The molecule has 36 heavy (non-hydrogen) atoms. The standard InChI is InChI=1S/C23H28ClN7O5/c1-4-7-15(32)12-8-13-14(9-16(12)36-11-18(33)34)31(6-3)17(30(13)5-2)10-27-23(35)19-21(25)29-22(26)20(24)28-19/h8-9H,4-7,10-11H2,1-3H3,(H5-,25,26,27,29,33,34,35)/p+1. The molecule has 2 aromatic heterocycles. The van der Waals surface area contributed by atoms with Gasteiger partial charge in [-0.25, -0.2) is 23.9 Å². The van der Waals surface area contributed by atoms with E-state index in [-0.39, 0.29) is 40.6 Å². The van der Waals surface area contributed by atoms with Crippen molar-refractivity contribution in [1.29, 1.82) is 0 Å². The number of anilines is 2. The Morgan fingerprint density at radius 3 is 2.50 bits per heavy atom. The molecule has 0 aliphatic carbocycles. The third-order valence-electron chi connectivity index (χ3n) is 5.57. The minimum Gasteiger partial charge on any atom is -0.481 e. The summed E-state index contributed by atoms with van der Waals surface area (Å²) in [5.74, 6) is -1.15. The van der Waals surface area contributed by atoms with E-state index < -0.39 is 18.5 Å². The molecule has 0 radical (unpaired) electrons. The van der Waals surface area contributed by atoms with E-state index in [1.165, 1.54) is 0 Å². The second kappa shape index (κ2) is 11.2. The molecule has 2 heterocycles. The largest absolute Gasteiger partial charge is 0.481 e. The summed E-state index contributed by atoms with van der Waals surface area (Å²) in [4.78, 5) is 44.5. The van der Waals surface area contributed by atoms with Crippen LogP contribution >= 0.6 is 11.6 Å². The molecule has 1 amide bonds. The number of aryl methyl sites for hydroxylation is 2. The average molecular weight is 519 g/mol. The summed E-state index contributed by atoms with van der Waals surface area (Å²) in [5, 5.41) is 11.7. The Kier molecular flexibility index (Phi) is 8.30. The number of carbonyl (C=O) groups excluding carboxylic acids is 2. The third-order valence-corrected chi connectivity index (χ3v) is 5.85. The van der Waals surface area contributed by atoms with Crippen LogP contribution in [-0.2, 0) is 24.4 Å². The Bertz CT molecular complexity index is 1340. The number of imidazole rings is 1. The third kappa shape index (κ3) is 5.33. The fourth-order valence-electron chi connectivity index (χ4n) is 4.00. The second-order valence-corrected chi connectivity index (χ2v) is 8.27. The highest BCUT2D eigenvalue weighted by Crippen LogP contribution is 2.28. The van der Waals surface area contributed by atoms with Crippen LogP contribution in [0.2, 0.25) is 5.15 Å². The number of carboxylic acid groups (broad SMARTS) is 1. The van der Waals surface area contributed by atoms with Crippen molar-refractivity contribution < 1.29 is 28.8 Å². The molecule has 0 spiro atoms. The summed E-state index contributed by atoms with van der Waals surface area (Å²) in [6.07, 6.45) is 0.933. The molecule has 13 heteroatoms. The molecule has 6 N–H and O–H groups in total. The van der Waals surface area contributed by atoms with Crippen LogP contribution in [0, 0.1) is 0 Å². The maximum atomic E-state index is 12.8. The lowest BCUT2D eigenvalue weighted by molar-refractivity contribution is -0.676. The first kappa shape index (κ1) is 26.7. The van der Waals surface area contributed by atoms with Crippen LogP contribution in [-0.4, -0.2) is 43.9 Å². The zero-order valence-corrected chi connectivity index (χ0v) is 21.1. The number of aliphatic carboxylic acids is 1. The second-order valence-electron chi connectivity index (χ2n) is 7.91. The Balaban J connectivity index is 2.07. The van der Waals surface area contributed by atoms with Crippen molar-refractivity contribution in [2.45, 2.75) is 53.2 Å².